The van der Waals surface area contributed by atoms with Crippen LogP contribution in [0.4, 0.5) is 0 Å². The highest BCUT2D eigenvalue weighted by Crippen LogP contribution is 2.40. The van der Waals surface area contributed by atoms with Gasteiger partial charge in [-0.3, -0.25) is 9.59 Å². The average Bonchev–Trinajstić information content (AvgIpc) is 2.67. The quantitative estimate of drug-likeness (QED) is 0.773. The molecule has 2 amide bonds. The molecule has 0 aliphatic carbocycles. The molecule has 1 aromatic rings. The summed E-state index contributed by atoms with van der Waals surface area (Å²) in [6.07, 6.45) is 2.01. The summed E-state index contributed by atoms with van der Waals surface area (Å²) >= 11 is 12.5. The Bertz CT molecular complexity index is 714. The number of primary amides is 1. The van der Waals surface area contributed by atoms with Gasteiger partial charge in [-0.1, -0.05) is 29.3 Å². The van der Waals surface area contributed by atoms with Crippen LogP contribution in [0.2, 0.25) is 10.0 Å². The van der Waals surface area contributed by atoms with E-state index >= 15 is 0 Å². The normalized spacial score (nSPS) is 21.4. The van der Waals surface area contributed by atoms with Crippen LogP contribution >= 0.6 is 23.2 Å². The van der Waals surface area contributed by atoms with Crippen LogP contribution in [0.15, 0.2) is 18.2 Å². The summed E-state index contributed by atoms with van der Waals surface area (Å²) in [6, 6.07) is 5.18. The molecule has 0 atom stereocenters. The monoisotopic (exact) mass is 414 g/mol. The van der Waals surface area contributed by atoms with E-state index in [2.05, 4.69) is 5.32 Å². The number of nitrogens with one attached hydrogen (secondary N) is 1. The second-order valence-corrected chi connectivity index (χ2v) is 8.10. The largest absolute Gasteiger partial charge is 0.381 e. The molecule has 2 aliphatic heterocycles. The molecule has 0 aromatic heterocycles. The lowest BCUT2D eigenvalue weighted by Crippen LogP contribution is -2.54. The van der Waals surface area contributed by atoms with Gasteiger partial charge in [-0.05, 0) is 43.4 Å². The Hall–Kier alpha value is -1.34. The summed E-state index contributed by atoms with van der Waals surface area (Å²) in [7, 11) is 0. The first kappa shape index (κ1) is 20.4. The number of nitrogens with two attached hydrogens (primary N) is 1. The Labute approximate surface area is 168 Å². The van der Waals surface area contributed by atoms with Gasteiger partial charge in [0.15, 0.2) is 0 Å². The Morgan fingerprint density at radius 3 is 2.19 bits per heavy atom. The van der Waals surface area contributed by atoms with Gasteiger partial charge in [-0.15, -0.1) is 0 Å². The van der Waals surface area contributed by atoms with Crippen molar-refractivity contribution in [2.24, 2.45) is 11.1 Å². The molecule has 148 valence electrons. The summed E-state index contributed by atoms with van der Waals surface area (Å²) in [5.74, 6) is -0.571. The van der Waals surface area contributed by atoms with E-state index in [0.717, 1.165) is 5.56 Å². The molecule has 8 heteroatoms. The third-order valence-corrected chi connectivity index (χ3v) is 6.34. The van der Waals surface area contributed by atoms with Crippen molar-refractivity contribution in [2.75, 3.05) is 33.0 Å². The maximum atomic E-state index is 13.3. The summed E-state index contributed by atoms with van der Waals surface area (Å²) in [5.41, 5.74) is 4.79. The molecule has 2 fully saturated rings. The molecule has 27 heavy (non-hydrogen) atoms. The topological polar surface area (TPSA) is 90.7 Å². The molecule has 2 heterocycles. The van der Waals surface area contributed by atoms with Gasteiger partial charge in [0, 0.05) is 43.0 Å². The van der Waals surface area contributed by atoms with Gasteiger partial charge in [-0.2, -0.15) is 0 Å². The van der Waals surface area contributed by atoms with E-state index in [4.69, 9.17) is 38.4 Å². The van der Waals surface area contributed by atoms with Crippen molar-refractivity contribution >= 4 is 35.0 Å². The minimum Gasteiger partial charge on any atom is -0.381 e. The summed E-state index contributed by atoms with van der Waals surface area (Å²) < 4.78 is 10.8. The first-order valence-electron chi connectivity index (χ1n) is 9.09. The molecule has 2 saturated heterocycles. The first-order chi connectivity index (χ1) is 12.9. The zero-order valence-corrected chi connectivity index (χ0v) is 16.6. The average molecular weight is 415 g/mol. The van der Waals surface area contributed by atoms with Crippen LogP contribution in [-0.2, 0) is 24.5 Å². The molecule has 1 aromatic carbocycles. The number of amides is 2. The lowest BCUT2D eigenvalue weighted by Gasteiger charge is -2.39. The van der Waals surface area contributed by atoms with Crippen LogP contribution in [0, 0.1) is 5.41 Å². The molecular weight excluding hydrogens is 391 g/mol. The predicted molar refractivity (Wildman–Crippen MR) is 103 cm³/mol. The summed E-state index contributed by atoms with van der Waals surface area (Å²) in [4.78, 5) is 25.4. The number of benzene rings is 1. The number of hydrogen-bond acceptors (Lipinski definition) is 4. The number of ether oxygens (including phenoxy) is 2. The van der Waals surface area contributed by atoms with E-state index in [-0.39, 0.29) is 12.5 Å². The zero-order chi connectivity index (χ0) is 19.5. The van der Waals surface area contributed by atoms with E-state index in [1.807, 2.05) is 0 Å². The van der Waals surface area contributed by atoms with Crippen molar-refractivity contribution < 1.29 is 19.1 Å². The van der Waals surface area contributed by atoms with Crippen molar-refractivity contribution in [2.45, 2.75) is 31.1 Å². The van der Waals surface area contributed by atoms with Gasteiger partial charge < -0.3 is 20.5 Å². The third-order valence-electron chi connectivity index (χ3n) is 5.79. The third kappa shape index (κ3) is 4.09. The van der Waals surface area contributed by atoms with Gasteiger partial charge in [0.2, 0.25) is 11.8 Å². The van der Waals surface area contributed by atoms with E-state index in [1.165, 1.54) is 0 Å². The molecule has 0 spiro atoms. The van der Waals surface area contributed by atoms with E-state index in [1.54, 1.807) is 18.2 Å². The maximum Gasteiger partial charge on any atom is 0.230 e. The minimum absolute atomic E-state index is 0.165. The number of hydrogen-bond donors (Lipinski definition) is 2. The number of carbonyl (C=O) groups excluding carboxylic acids is 2. The van der Waals surface area contributed by atoms with E-state index in [9.17, 15) is 9.59 Å². The van der Waals surface area contributed by atoms with Crippen LogP contribution in [0.25, 0.3) is 0 Å². The van der Waals surface area contributed by atoms with Crippen LogP contribution in [-0.4, -0.2) is 44.8 Å². The van der Waals surface area contributed by atoms with Crippen molar-refractivity contribution in [3.05, 3.63) is 33.8 Å². The molecular formula is C19H24Cl2N2O4. The Morgan fingerprint density at radius 1 is 1.04 bits per heavy atom. The number of carbonyl (C=O) groups is 2. The second-order valence-electron chi connectivity index (χ2n) is 7.26. The van der Waals surface area contributed by atoms with Crippen molar-refractivity contribution in [1.82, 2.24) is 5.32 Å². The Kier molecular flexibility index (Phi) is 6.31. The SMILES string of the molecule is NC(=O)C1(CNC(=O)C2(c3ccc(Cl)cc3Cl)CCOCC2)CCOCC1. The van der Waals surface area contributed by atoms with Crippen LogP contribution < -0.4 is 11.1 Å². The smallest absolute Gasteiger partial charge is 0.230 e. The fraction of sp³-hybridized carbons (Fsp3) is 0.579. The number of rotatable bonds is 5. The summed E-state index contributed by atoms with van der Waals surface area (Å²) in [6.45, 7) is 2.03. The molecule has 0 saturated carbocycles. The standard InChI is InChI=1S/C19H24Cl2N2O4/c20-13-1-2-14(15(21)11-13)19(5-9-27-10-6-19)17(25)23-12-18(16(22)24)3-7-26-8-4-18/h1-2,11H,3-10,12H2,(H2,22,24)(H,23,25). The van der Waals surface area contributed by atoms with Crippen molar-refractivity contribution in [1.29, 1.82) is 0 Å². The predicted octanol–water partition coefficient (Wildman–Crippen LogP) is 2.44. The van der Waals surface area contributed by atoms with Gasteiger partial charge in [-0.25, -0.2) is 0 Å². The minimum atomic E-state index is -0.816. The highest BCUT2D eigenvalue weighted by Gasteiger charge is 2.45. The zero-order valence-electron chi connectivity index (χ0n) is 15.1. The highest BCUT2D eigenvalue weighted by molar-refractivity contribution is 6.35. The molecule has 0 radical (unpaired) electrons. The van der Waals surface area contributed by atoms with Gasteiger partial charge >= 0.3 is 0 Å². The van der Waals surface area contributed by atoms with E-state index < -0.39 is 16.7 Å². The first-order valence-corrected chi connectivity index (χ1v) is 9.84. The molecule has 3 rings (SSSR count). The molecule has 2 aliphatic rings. The molecule has 3 N–H and O–H groups in total. The second kappa shape index (κ2) is 8.35. The van der Waals surface area contributed by atoms with Crippen molar-refractivity contribution in [3.63, 3.8) is 0 Å². The highest BCUT2D eigenvalue weighted by atomic mass is 35.5. The molecule has 0 unspecified atom stereocenters. The van der Waals surface area contributed by atoms with Gasteiger partial charge in [0.05, 0.1) is 10.8 Å². The van der Waals surface area contributed by atoms with Crippen molar-refractivity contribution in [3.8, 4) is 0 Å². The van der Waals surface area contributed by atoms with E-state index in [0.29, 0.717) is 62.2 Å². The van der Waals surface area contributed by atoms with Gasteiger partial charge in [0.25, 0.3) is 0 Å². The lowest BCUT2D eigenvalue weighted by molar-refractivity contribution is -0.136. The fourth-order valence-electron chi connectivity index (χ4n) is 3.91. The van der Waals surface area contributed by atoms with Crippen LogP contribution in [0.1, 0.15) is 31.2 Å². The number of halogens is 2. The Balaban J connectivity index is 1.85. The van der Waals surface area contributed by atoms with Gasteiger partial charge in [0.1, 0.15) is 0 Å². The molecule has 6 nitrogen and oxygen atoms in total. The fourth-order valence-corrected chi connectivity index (χ4v) is 4.50. The summed E-state index contributed by atoms with van der Waals surface area (Å²) in [5, 5.41) is 3.95. The van der Waals surface area contributed by atoms with Crippen LogP contribution in [0.3, 0.4) is 0 Å². The molecule has 0 bridgehead atoms. The Morgan fingerprint density at radius 2 is 1.63 bits per heavy atom. The maximum absolute atomic E-state index is 13.3. The lowest BCUT2D eigenvalue weighted by atomic mass is 9.72. The van der Waals surface area contributed by atoms with Crippen LogP contribution in [0.5, 0.6) is 0 Å².